The molecule has 1 aliphatic rings. The van der Waals surface area contributed by atoms with Crippen LogP contribution < -0.4 is 18.1 Å². The summed E-state index contributed by atoms with van der Waals surface area (Å²) in [6, 6.07) is 5.74. The second-order valence-corrected chi connectivity index (χ2v) is 3.83. The van der Waals surface area contributed by atoms with Gasteiger partial charge in [-0.15, -0.1) is 0 Å². The number of nitro benzene ring substituents is 1. The molecule has 0 aromatic heterocycles. The highest BCUT2D eigenvalue weighted by Gasteiger charge is 2.40. The molecule has 2 atom stereocenters. The van der Waals surface area contributed by atoms with Crippen molar-refractivity contribution in [1.82, 2.24) is 0 Å². The highest BCUT2D eigenvalue weighted by Crippen LogP contribution is 2.31. The number of rotatable bonds is 1. The molecule has 0 aliphatic heterocycles. The van der Waals surface area contributed by atoms with E-state index in [1.165, 1.54) is 24.3 Å². The van der Waals surface area contributed by atoms with Crippen LogP contribution in [0.5, 0.6) is 0 Å². The number of nitro groups is 1. The first-order chi connectivity index (χ1) is 7.43. The fourth-order valence-electron chi connectivity index (χ4n) is 1.13. The molecule has 1 saturated carbocycles. The fraction of sp³-hybridized carbons (Fsp3) is 0.364. The van der Waals surface area contributed by atoms with Crippen molar-refractivity contribution in [2.75, 3.05) is 5.73 Å². The van der Waals surface area contributed by atoms with Gasteiger partial charge in [0.15, 0.2) is 0 Å². The first kappa shape index (κ1) is 15.4. The van der Waals surface area contributed by atoms with Gasteiger partial charge in [-0.2, -0.15) is 0 Å². The Balaban J connectivity index is 0.000000316. The van der Waals surface area contributed by atoms with Crippen molar-refractivity contribution in [2.45, 2.75) is 13.8 Å². The monoisotopic (exact) mass is 257 g/mol. The van der Waals surface area contributed by atoms with Crippen LogP contribution in [0.15, 0.2) is 24.3 Å². The minimum absolute atomic E-state index is 0. The molecule has 2 rings (SSSR count). The van der Waals surface area contributed by atoms with Crippen LogP contribution in [-0.4, -0.2) is 10.7 Å². The summed E-state index contributed by atoms with van der Waals surface area (Å²) in [5.74, 6) is 1.19. The van der Waals surface area contributed by atoms with Gasteiger partial charge in [-0.05, 0) is 12.1 Å². The van der Waals surface area contributed by atoms with E-state index >= 15 is 0 Å². The van der Waals surface area contributed by atoms with Crippen LogP contribution in [0.1, 0.15) is 13.8 Å². The van der Waals surface area contributed by atoms with Crippen LogP contribution in [0.25, 0.3) is 0 Å². The maximum Gasteiger partial charge on any atom is 0.269 e. The lowest BCUT2D eigenvalue weighted by Crippen LogP contribution is -3.00. The molecular formula is C11H14ClN2O3-. The second kappa shape index (κ2) is 6.20. The van der Waals surface area contributed by atoms with Crippen molar-refractivity contribution in [3.8, 4) is 0 Å². The number of hydrogen-bond donors (Lipinski definition) is 1. The molecule has 2 N–H and O–H groups in total. The van der Waals surface area contributed by atoms with Crippen LogP contribution in [0.2, 0.25) is 0 Å². The fourth-order valence-corrected chi connectivity index (χ4v) is 1.13. The third-order valence-electron chi connectivity index (χ3n) is 2.64. The van der Waals surface area contributed by atoms with E-state index in [0.29, 0.717) is 23.3 Å². The summed E-state index contributed by atoms with van der Waals surface area (Å²) >= 11 is 0. The minimum atomic E-state index is -0.459. The molecule has 1 fully saturated rings. The van der Waals surface area contributed by atoms with Gasteiger partial charge < -0.3 is 18.1 Å². The Morgan fingerprint density at radius 1 is 1.18 bits per heavy atom. The molecule has 0 spiro atoms. The van der Waals surface area contributed by atoms with Gasteiger partial charge in [0, 0.05) is 29.7 Å². The number of halogens is 1. The predicted octanol–water partition coefficient (Wildman–Crippen LogP) is -0.978. The van der Waals surface area contributed by atoms with E-state index in [-0.39, 0.29) is 18.1 Å². The summed E-state index contributed by atoms with van der Waals surface area (Å²) in [6.45, 7) is 3.93. The summed E-state index contributed by atoms with van der Waals surface area (Å²) in [4.78, 5) is 19.8. The number of non-ortho nitro benzene ring substituents is 1. The van der Waals surface area contributed by atoms with Crippen molar-refractivity contribution in [1.29, 1.82) is 0 Å². The lowest BCUT2D eigenvalue weighted by atomic mass is 10.3. The average molecular weight is 258 g/mol. The summed E-state index contributed by atoms with van der Waals surface area (Å²) in [5.41, 5.74) is 5.90. The highest BCUT2D eigenvalue weighted by molar-refractivity contribution is 5.98. The molecule has 2 unspecified atom stereocenters. The Morgan fingerprint density at radius 2 is 1.53 bits per heavy atom. The van der Waals surface area contributed by atoms with Crippen molar-refractivity contribution in [3.63, 3.8) is 0 Å². The number of Topliss-reactive ketones (excluding diaryl/α,β-unsaturated/α-hetero) is 1. The van der Waals surface area contributed by atoms with Crippen LogP contribution in [0, 0.1) is 22.0 Å². The van der Waals surface area contributed by atoms with Gasteiger partial charge in [-0.3, -0.25) is 14.9 Å². The van der Waals surface area contributed by atoms with Crippen LogP contribution in [-0.2, 0) is 4.79 Å². The Labute approximate surface area is 106 Å². The number of carbonyl (C=O) groups is 1. The van der Waals surface area contributed by atoms with Gasteiger partial charge in [0.25, 0.3) is 5.69 Å². The molecule has 1 aromatic rings. The van der Waals surface area contributed by atoms with Gasteiger partial charge in [-0.1, -0.05) is 13.8 Å². The molecule has 0 amide bonds. The number of nitrogen functional groups attached to an aromatic ring is 1. The third-order valence-corrected chi connectivity index (χ3v) is 2.64. The van der Waals surface area contributed by atoms with Gasteiger partial charge in [-0.25, -0.2) is 0 Å². The average Bonchev–Trinajstić information content (AvgIpc) is 2.76. The third kappa shape index (κ3) is 4.40. The second-order valence-electron chi connectivity index (χ2n) is 3.83. The highest BCUT2D eigenvalue weighted by atomic mass is 35.5. The molecule has 1 aliphatic carbocycles. The van der Waals surface area contributed by atoms with Crippen molar-refractivity contribution in [2.24, 2.45) is 11.8 Å². The molecule has 17 heavy (non-hydrogen) atoms. The molecule has 5 nitrogen and oxygen atoms in total. The summed E-state index contributed by atoms with van der Waals surface area (Å²) < 4.78 is 0. The summed E-state index contributed by atoms with van der Waals surface area (Å²) in [5, 5.41) is 10.1. The van der Waals surface area contributed by atoms with E-state index in [4.69, 9.17) is 5.73 Å². The van der Waals surface area contributed by atoms with Gasteiger partial charge in [0.1, 0.15) is 5.78 Å². The molecule has 0 radical (unpaired) electrons. The van der Waals surface area contributed by atoms with Crippen molar-refractivity contribution in [3.05, 3.63) is 34.4 Å². The summed E-state index contributed by atoms with van der Waals surface area (Å²) in [7, 11) is 0. The van der Waals surface area contributed by atoms with Crippen LogP contribution >= 0.6 is 0 Å². The zero-order valence-corrected chi connectivity index (χ0v) is 10.3. The molecule has 0 heterocycles. The van der Waals surface area contributed by atoms with E-state index in [1.807, 2.05) is 13.8 Å². The van der Waals surface area contributed by atoms with Crippen LogP contribution in [0.3, 0.4) is 0 Å². The smallest absolute Gasteiger partial charge is 0.269 e. The SMILES string of the molecule is CC1C(=O)C1C.Nc1ccc([N+](=O)[O-])cc1.[Cl-]. The zero-order chi connectivity index (χ0) is 12.3. The van der Waals surface area contributed by atoms with Gasteiger partial charge >= 0.3 is 0 Å². The van der Waals surface area contributed by atoms with E-state index in [1.54, 1.807) is 0 Å². The van der Waals surface area contributed by atoms with E-state index in [2.05, 4.69) is 0 Å². The molecule has 1 aromatic carbocycles. The number of benzene rings is 1. The maximum atomic E-state index is 10.2. The predicted molar refractivity (Wildman–Crippen MR) is 60.8 cm³/mol. The van der Waals surface area contributed by atoms with Crippen LogP contribution in [0.4, 0.5) is 11.4 Å². The Kier molecular flexibility index (Phi) is 5.61. The van der Waals surface area contributed by atoms with Crippen molar-refractivity contribution >= 4 is 17.2 Å². The minimum Gasteiger partial charge on any atom is -1.00 e. The Hall–Kier alpha value is -1.62. The Bertz CT molecular complexity index is 396. The molecule has 0 saturated heterocycles. The van der Waals surface area contributed by atoms with Gasteiger partial charge in [0.05, 0.1) is 4.92 Å². The van der Waals surface area contributed by atoms with Crippen molar-refractivity contribution < 1.29 is 22.1 Å². The summed E-state index contributed by atoms with van der Waals surface area (Å²) in [6.07, 6.45) is 0. The van der Waals surface area contributed by atoms with E-state index in [0.717, 1.165) is 0 Å². The number of nitrogens with two attached hydrogens (primary N) is 1. The van der Waals surface area contributed by atoms with Gasteiger partial charge in [0.2, 0.25) is 0 Å². The number of nitrogens with zero attached hydrogens (tertiary/aromatic N) is 1. The molecule has 0 bridgehead atoms. The molecule has 6 heteroatoms. The topological polar surface area (TPSA) is 86.2 Å². The quantitative estimate of drug-likeness (QED) is 0.398. The van der Waals surface area contributed by atoms with E-state index < -0.39 is 4.92 Å². The lowest BCUT2D eigenvalue weighted by Gasteiger charge is -1.90. The first-order valence-electron chi connectivity index (χ1n) is 4.97. The normalized spacial score (nSPS) is 20.7. The standard InChI is InChI=1S/C6H6N2O2.C5H8O.ClH/c7-5-1-3-6(4-2-5)8(9)10;1-3-4(2)5(3)6;/h1-4H,7H2;3-4H,1-2H3;1H/p-1. The lowest BCUT2D eigenvalue weighted by molar-refractivity contribution is -0.384. The molecule has 94 valence electrons. The maximum absolute atomic E-state index is 10.2. The Morgan fingerprint density at radius 3 is 1.76 bits per heavy atom. The van der Waals surface area contributed by atoms with E-state index in [9.17, 15) is 14.9 Å². The number of hydrogen-bond acceptors (Lipinski definition) is 4. The number of ketones is 1. The molecular weight excluding hydrogens is 244 g/mol. The zero-order valence-electron chi connectivity index (χ0n) is 9.59. The number of anilines is 1. The first-order valence-corrected chi connectivity index (χ1v) is 4.97. The number of carbonyl (C=O) groups excluding carboxylic acids is 1. The largest absolute Gasteiger partial charge is 1.00 e.